The van der Waals surface area contributed by atoms with Gasteiger partial charge in [-0.25, -0.2) is 4.79 Å². The molecule has 3 nitrogen and oxygen atoms in total. The molecule has 0 aromatic carbocycles. The van der Waals surface area contributed by atoms with E-state index >= 15 is 0 Å². The number of rotatable bonds is 4. The Labute approximate surface area is 67.3 Å². The number of carboxylic acids is 1. The van der Waals surface area contributed by atoms with E-state index in [4.69, 9.17) is 5.11 Å². The Morgan fingerprint density at radius 3 is 2.55 bits per heavy atom. The SMILES string of the molecule is CC(C)CN(C)C=CC(=O)O. The van der Waals surface area contributed by atoms with E-state index in [0.29, 0.717) is 5.92 Å². The predicted octanol–water partition coefficient (Wildman–Crippen LogP) is 1.17. The quantitative estimate of drug-likeness (QED) is 0.623. The molecule has 0 aliphatic carbocycles. The highest BCUT2D eigenvalue weighted by Gasteiger charge is 1.96. The number of nitrogens with zero attached hydrogens (tertiary/aromatic N) is 1. The largest absolute Gasteiger partial charge is 0.478 e. The van der Waals surface area contributed by atoms with Gasteiger partial charge in [-0.1, -0.05) is 13.8 Å². The second-order valence-corrected chi connectivity index (χ2v) is 2.99. The molecule has 0 unspecified atom stereocenters. The Morgan fingerprint density at radius 1 is 1.64 bits per heavy atom. The lowest BCUT2D eigenvalue weighted by atomic mass is 10.2. The average molecular weight is 157 g/mol. The van der Waals surface area contributed by atoms with Gasteiger partial charge in [-0.05, 0) is 5.92 Å². The lowest BCUT2D eigenvalue weighted by molar-refractivity contribution is -0.131. The van der Waals surface area contributed by atoms with Crippen molar-refractivity contribution >= 4 is 5.97 Å². The van der Waals surface area contributed by atoms with Gasteiger partial charge in [-0.3, -0.25) is 0 Å². The van der Waals surface area contributed by atoms with E-state index in [1.54, 1.807) is 6.20 Å². The molecule has 11 heavy (non-hydrogen) atoms. The zero-order chi connectivity index (χ0) is 8.85. The maximum Gasteiger partial charge on any atom is 0.329 e. The zero-order valence-corrected chi connectivity index (χ0v) is 7.24. The third kappa shape index (κ3) is 6.90. The van der Waals surface area contributed by atoms with Crippen molar-refractivity contribution in [2.24, 2.45) is 5.92 Å². The van der Waals surface area contributed by atoms with Gasteiger partial charge in [0.15, 0.2) is 0 Å². The summed E-state index contributed by atoms with van der Waals surface area (Å²) in [6.45, 7) is 5.06. The highest BCUT2D eigenvalue weighted by Crippen LogP contribution is 1.95. The molecular weight excluding hydrogens is 142 g/mol. The van der Waals surface area contributed by atoms with Crippen molar-refractivity contribution in [2.45, 2.75) is 13.8 Å². The molecule has 0 heterocycles. The molecule has 0 saturated carbocycles. The van der Waals surface area contributed by atoms with Gasteiger partial charge in [0.1, 0.15) is 0 Å². The molecule has 0 fully saturated rings. The lowest BCUT2D eigenvalue weighted by Gasteiger charge is -2.15. The molecule has 0 atom stereocenters. The molecule has 0 aliphatic rings. The average Bonchev–Trinajstić information content (AvgIpc) is 1.82. The summed E-state index contributed by atoms with van der Waals surface area (Å²) in [5.74, 6) is -0.348. The van der Waals surface area contributed by atoms with Crippen LogP contribution < -0.4 is 0 Å². The van der Waals surface area contributed by atoms with E-state index in [1.807, 2.05) is 11.9 Å². The van der Waals surface area contributed by atoms with Crippen LogP contribution in [0, 0.1) is 5.92 Å². The molecule has 0 aromatic rings. The lowest BCUT2D eigenvalue weighted by Crippen LogP contribution is -2.17. The molecule has 0 rings (SSSR count). The van der Waals surface area contributed by atoms with Crippen LogP contribution in [-0.4, -0.2) is 29.6 Å². The summed E-state index contributed by atoms with van der Waals surface area (Å²) in [6.07, 6.45) is 2.71. The first-order chi connectivity index (χ1) is 5.02. The predicted molar refractivity (Wildman–Crippen MR) is 44.2 cm³/mol. The fourth-order valence-corrected chi connectivity index (χ4v) is 0.828. The smallest absolute Gasteiger partial charge is 0.329 e. The number of hydrogen-bond donors (Lipinski definition) is 1. The van der Waals surface area contributed by atoms with Gasteiger partial charge in [0, 0.05) is 25.9 Å². The summed E-state index contributed by atoms with van der Waals surface area (Å²) in [6, 6.07) is 0. The van der Waals surface area contributed by atoms with Crippen molar-refractivity contribution in [3.63, 3.8) is 0 Å². The topological polar surface area (TPSA) is 40.5 Å². The maximum atomic E-state index is 10.1. The summed E-state index contributed by atoms with van der Waals surface area (Å²) in [7, 11) is 1.86. The van der Waals surface area contributed by atoms with Gasteiger partial charge < -0.3 is 10.0 Å². The summed E-state index contributed by atoms with van der Waals surface area (Å²) in [5.41, 5.74) is 0. The van der Waals surface area contributed by atoms with Crippen LogP contribution in [0.25, 0.3) is 0 Å². The minimum Gasteiger partial charge on any atom is -0.478 e. The van der Waals surface area contributed by atoms with Crippen molar-refractivity contribution in [3.05, 3.63) is 12.3 Å². The molecule has 1 N–H and O–H groups in total. The first-order valence-corrected chi connectivity index (χ1v) is 3.63. The minimum atomic E-state index is -0.902. The number of hydrogen-bond acceptors (Lipinski definition) is 2. The maximum absolute atomic E-state index is 10.1. The summed E-state index contributed by atoms with van der Waals surface area (Å²) in [5, 5.41) is 8.28. The zero-order valence-electron chi connectivity index (χ0n) is 7.24. The van der Waals surface area contributed by atoms with Gasteiger partial charge in [-0.15, -0.1) is 0 Å². The van der Waals surface area contributed by atoms with E-state index in [-0.39, 0.29) is 0 Å². The van der Waals surface area contributed by atoms with E-state index in [1.165, 1.54) is 0 Å². The molecule has 0 bridgehead atoms. The Balaban J connectivity index is 3.68. The fourth-order valence-electron chi connectivity index (χ4n) is 0.828. The second kappa shape index (κ2) is 4.77. The number of carbonyl (C=O) groups is 1. The molecule has 0 saturated heterocycles. The van der Waals surface area contributed by atoms with Crippen LogP contribution in [0.3, 0.4) is 0 Å². The Hall–Kier alpha value is -0.990. The van der Waals surface area contributed by atoms with Gasteiger partial charge in [-0.2, -0.15) is 0 Å². The molecule has 0 radical (unpaired) electrons. The van der Waals surface area contributed by atoms with Crippen LogP contribution in [0.15, 0.2) is 12.3 Å². The molecule has 3 heteroatoms. The molecule has 0 spiro atoms. The van der Waals surface area contributed by atoms with Crippen molar-refractivity contribution < 1.29 is 9.90 Å². The van der Waals surface area contributed by atoms with Crippen LogP contribution >= 0.6 is 0 Å². The summed E-state index contributed by atoms with van der Waals surface area (Å²) in [4.78, 5) is 11.9. The Kier molecular flexibility index (Phi) is 4.34. The first kappa shape index (κ1) is 10.0. The third-order valence-corrected chi connectivity index (χ3v) is 1.12. The highest BCUT2D eigenvalue weighted by molar-refractivity contribution is 5.79. The standard InChI is InChI=1S/C8H15NO2/c1-7(2)6-9(3)5-4-8(10)11/h4-5,7H,6H2,1-3H3,(H,10,11). The first-order valence-electron chi connectivity index (χ1n) is 3.63. The van der Waals surface area contributed by atoms with Crippen molar-refractivity contribution in [3.8, 4) is 0 Å². The van der Waals surface area contributed by atoms with Crippen LogP contribution in [0.1, 0.15) is 13.8 Å². The summed E-state index contributed by atoms with van der Waals surface area (Å²) >= 11 is 0. The second-order valence-electron chi connectivity index (χ2n) is 2.99. The summed E-state index contributed by atoms with van der Waals surface area (Å²) < 4.78 is 0. The van der Waals surface area contributed by atoms with Crippen LogP contribution in [0.5, 0.6) is 0 Å². The van der Waals surface area contributed by atoms with Crippen molar-refractivity contribution in [1.82, 2.24) is 4.90 Å². The number of carboxylic acid groups (broad SMARTS) is 1. The van der Waals surface area contributed by atoms with E-state index in [2.05, 4.69) is 13.8 Å². The van der Waals surface area contributed by atoms with E-state index in [9.17, 15) is 4.79 Å². The highest BCUT2D eigenvalue weighted by atomic mass is 16.4. The van der Waals surface area contributed by atoms with Gasteiger partial charge in [0.25, 0.3) is 0 Å². The number of aliphatic carboxylic acids is 1. The van der Waals surface area contributed by atoms with Gasteiger partial charge in [0.05, 0.1) is 0 Å². The van der Waals surface area contributed by atoms with Crippen LogP contribution in [-0.2, 0) is 4.79 Å². The van der Waals surface area contributed by atoms with E-state index in [0.717, 1.165) is 12.6 Å². The molecule has 64 valence electrons. The molecular formula is C8H15NO2. The minimum absolute atomic E-state index is 0.554. The van der Waals surface area contributed by atoms with Crippen LogP contribution in [0.2, 0.25) is 0 Å². The van der Waals surface area contributed by atoms with Gasteiger partial charge in [0.2, 0.25) is 0 Å². The normalized spacial score (nSPS) is 10.9. The molecule has 0 aromatic heterocycles. The van der Waals surface area contributed by atoms with Crippen molar-refractivity contribution in [2.75, 3.05) is 13.6 Å². The third-order valence-electron chi connectivity index (χ3n) is 1.12. The van der Waals surface area contributed by atoms with Crippen LogP contribution in [0.4, 0.5) is 0 Å². The Bertz CT molecular complexity index is 152. The van der Waals surface area contributed by atoms with Gasteiger partial charge >= 0.3 is 5.97 Å². The van der Waals surface area contributed by atoms with Crippen molar-refractivity contribution in [1.29, 1.82) is 0 Å². The Morgan fingerprint density at radius 2 is 2.18 bits per heavy atom. The molecule has 0 amide bonds. The van der Waals surface area contributed by atoms with E-state index < -0.39 is 5.97 Å². The molecule has 0 aliphatic heterocycles. The monoisotopic (exact) mass is 157 g/mol. The fraction of sp³-hybridized carbons (Fsp3) is 0.625.